The molecule has 7 heteroatoms. The highest BCUT2D eigenvalue weighted by Gasteiger charge is 2.08. The van der Waals surface area contributed by atoms with E-state index < -0.39 is 0 Å². The van der Waals surface area contributed by atoms with E-state index in [4.69, 9.17) is 0 Å². The summed E-state index contributed by atoms with van der Waals surface area (Å²) in [5.74, 6) is 0.654. The van der Waals surface area contributed by atoms with Crippen molar-refractivity contribution in [2.75, 3.05) is 5.43 Å². The van der Waals surface area contributed by atoms with Crippen LogP contribution in [0, 0.1) is 0 Å². The molecule has 0 bridgehead atoms. The van der Waals surface area contributed by atoms with Crippen LogP contribution in [0.4, 0.5) is 5.82 Å². The number of hydrazone groups is 1. The molecule has 0 aliphatic rings. The van der Waals surface area contributed by atoms with Gasteiger partial charge in [-0.3, -0.25) is 5.43 Å². The molecule has 0 atom stereocenters. The van der Waals surface area contributed by atoms with E-state index in [1.165, 1.54) is 0 Å². The molecule has 0 aliphatic heterocycles. The van der Waals surface area contributed by atoms with Crippen molar-refractivity contribution in [1.82, 2.24) is 19.8 Å². The number of hydrogen-bond donors (Lipinski definition) is 1. The van der Waals surface area contributed by atoms with Crippen molar-refractivity contribution >= 4 is 44.4 Å². The van der Waals surface area contributed by atoms with Gasteiger partial charge in [0.25, 0.3) is 0 Å². The molecule has 112 valence electrons. The van der Waals surface area contributed by atoms with Crippen LogP contribution < -0.4 is 5.43 Å². The molecule has 6 nitrogen and oxygen atoms in total. The Hall–Kier alpha value is -2.80. The number of aromatic nitrogens is 4. The first-order valence-electron chi connectivity index (χ1n) is 6.95. The zero-order valence-corrected chi connectivity index (χ0v) is 13.5. The molecule has 0 radical (unpaired) electrons. The Kier molecular flexibility index (Phi) is 3.47. The van der Waals surface area contributed by atoms with Crippen LogP contribution in [0.5, 0.6) is 0 Å². The fourth-order valence-corrected chi connectivity index (χ4v) is 2.59. The highest BCUT2D eigenvalue weighted by atomic mass is 79.9. The highest BCUT2D eigenvalue weighted by molar-refractivity contribution is 9.10. The molecular formula is C16H11BrN6. The summed E-state index contributed by atoms with van der Waals surface area (Å²) in [6.45, 7) is 0. The van der Waals surface area contributed by atoms with Crippen molar-refractivity contribution in [2.24, 2.45) is 5.10 Å². The molecule has 4 rings (SSSR count). The topological polar surface area (TPSA) is 67.5 Å². The molecule has 0 saturated carbocycles. The number of anilines is 1. The highest BCUT2D eigenvalue weighted by Crippen LogP contribution is 2.23. The summed E-state index contributed by atoms with van der Waals surface area (Å²) < 4.78 is 2.67. The minimum Gasteiger partial charge on any atom is -0.259 e. The van der Waals surface area contributed by atoms with E-state index in [0.717, 1.165) is 26.5 Å². The van der Waals surface area contributed by atoms with E-state index in [-0.39, 0.29) is 0 Å². The molecule has 0 amide bonds. The van der Waals surface area contributed by atoms with Crippen LogP contribution in [-0.2, 0) is 0 Å². The Morgan fingerprint density at radius 3 is 2.65 bits per heavy atom. The van der Waals surface area contributed by atoms with Crippen molar-refractivity contribution in [3.63, 3.8) is 0 Å². The van der Waals surface area contributed by atoms with E-state index in [9.17, 15) is 0 Å². The monoisotopic (exact) mass is 366 g/mol. The third-order valence-electron chi connectivity index (χ3n) is 3.42. The normalized spacial score (nSPS) is 11.5. The smallest absolute Gasteiger partial charge is 0.185 e. The number of rotatable bonds is 3. The molecule has 0 fully saturated rings. The maximum atomic E-state index is 4.47. The van der Waals surface area contributed by atoms with Gasteiger partial charge in [-0.1, -0.05) is 52.3 Å². The lowest BCUT2D eigenvalue weighted by atomic mass is 10.2. The SMILES string of the molecule is Brc1ccc(/C=N\Nc2nn3cnnc3c3ccccc23)cc1. The van der Waals surface area contributed by atoms with Gasteiger partial charge in [-0.25, -0.2) is 0 Å². The third kappa shape index (κ3) is 2.66. The van der Waals surface area contributed by atoms with Gasteiger partial charge >= 0.3 is 0 Å². The second-order valence-electron chi connectivity index (χ2n) is 4.91. The van der Waals surface area contributed by atoms with E-state index >= 15 is 0 Å². The zero-order valence-electron chi connectivity index (χ0n) is 11.9. The van der Waals surface area contributed by atoms with Crippen LogP contribution in [-0.4, -0.2) is 26.0 Å². The minimum absolute atomic E-state index is 0.654. The van der Waals surface area contributed by atoms with Crippen LogP contribution in [0.15, 0.2) is 64.4 Å². The largest absolute Gasteiger partial charge is 0.259 e. The van der Waals surface area contributed by atoms with Crippen molar-refractivity contribution in [3.05, 3.63) is 64.9 Å². The van der Waals surface area contributed by atoms with Gasteiger partial charge in [-0.15, -0.1) is 15.3 Å². The Morgan fingerprint density at radius 1 is 1.04 bits per heavy atom. The molecule has 4 aromatic rings. The summed E-state index contributed by atoms with van der Waals surface area (Å²) in [5, 5.41) is 18.7. The fraction of sp³-hybridized carbons (Fsp3) is 0. The lowest BCUT2D eigenvalue weighted by Crippen LogP contribution is -2.00. The van der Waals surface area contributed by atoms with Gasteiger partial charge in [0.05, 0.1) is 6.21 Å². The van der Waals surface area contributed by atoms with Crippen molar-refractivity contribution in [3.8, 4) is 0 Å². The molecule has 2 heterocycles. The first-order chi connectivity index (χ1) is 11.3. The molecule has 23 heavy (non-hydrogen) atoms. The number of benzene rings is 2. The molecule has 1 N–H and O–H groups in total. The Balaban J connectivity index is 1.71. The number of nitrogens with one attached hydrogen (secondary N) is 1. The summed E-state index contributed by atoms with van der Waals surface area (Å²) in [5.41, 5.74) is 4.72. The average molecular weight is 367 g/mol. The standard InChI is InChI=1S/C16H11BrN6/c17-12-7-5-11(6-8-12)9-18-20-15-13-3-1-2-4-14(13)16-21-19-10-23(16)22-15/h1-10H,(H,20,22)/b18-9-. The van der Waals surface area contributed by atoms with E-state index in [1.807, 2.05) is 48.5 Å². The first-order valence-corrected chi connectivity index (χ1v) is 7.74. The molecule has 0 spiro atoms. The van der Waals surface area contributed by atoms with Crippen LogP contribution in [0.1, 0.15) is 5.56 Å². The molecule has 2 aromatic heterocycles. The van der Waals surface area contributed by atoms with Crippen LogP contribution in [0.3, 0.4) is 0 Å². The van der Waals surface area contributed by atoms with E-state index in [2.05, 4.69) is 41.8 Å². The van der Waals surface area contributed by atoms with Gasteiger partial charge in [0, 0.05) is 15.2 Å². The summed E-state index contributed by atoms with van der Waals surface area (Å²) in [4.78, 5) is 0. The zero-order chi connectivity index (χ0) is 15.6. The number of nitrogens with zero attached hydrogens (tertiary/aromatic N) is 5. The van der Waals surface area contributed by atoms with Gasteiger partial charge in [-0.05, 0) is 17.7 Å². The number of fused-ring (bicyclic) bond motifs is 3. The number of hydrogen-bond acceptors (Lipinski definition) is 5. The van der Waals surface area contributed by atoms with E-state index in [1.54, 1.807) is 17.1 Å². The molecular weight excluding hydrogens is 356 g/mol. The van der Waals surface area contributed by atoms with Gasteiger partial charge in [0.1, 0.15) is 6.33 Å². The van der Waals surface area contributed by atoms with Crippen molar-refractivity contribution in [2.45, 2.75) is 0 Å². The Labute approximate surface area is 140 Å². The first kappa shape index (κ1) is 13.8. The van der Waals surface area contributed by atoms with Gasteiger partial charge in [0.15, 0.2) is 11.5 Å². The lowest BCUT2D eigenvalue weighted by molar-refractivity contribution is 0.934. The molecule has 0 saturated heterocycles. The molecule has 0 aliphatic carbocycles. The number of halogens is 1. The van der Waals surface area contributed by atoms with Crippen molar-refractivity contribution in [1.29, 1.82) is 0 Å². The van der Waals surface area contributed by atoms with Crippen LogP contribution in [0.25, 0.3) is 16.4 Å². The summed E-state index contributed by atoms with van der Waals surface area (Å²) in [7, 11) is 0. The van der Waals surface area contributed by atoms with Gasteiger partial charge in [0.2, 0.25) is 0 Å². The average Bonchev–Trinajstić information content (AvgIpc) is 3.05. The quantitative estimate of drug-likeness (QED) is 0.445. The minimum atomic E-state index is 0.654. The summed E-state index contributed by atoms with van der Waals surface area (Å²) >= 11 is 3.41. The maximum absolute atomic E-state index is 4.47. The Morgan fingerprint density at radius 2 is 1.83 bits per heavy atom. The fourth-order valence-electron chi connectivity index (χ4n) is 2.33. The summed E-state index contributed by atoms with van der Waals surface area (Å²) in [6, 6.07) is 15.8. The Bertz CT molecular complexity index is 1010. The van der Waals surface area contributed by atoms with Crippen LogP contribution >= 0.6 is 15.9 Å². The van der Waals surface area contributed by atoms with Crippen molar-refractivity contribution < 1.29 is 0 Å². The second kappa shape index (κ2) is 5.77. The van der Waals surface area contributed by atoms with Crippen LogP contribution in [0.2, 0.25) is 0 Å². The lowest BCUT2D eigenvalue weighted by Gasteiger charge is -2.05. The molecule has 0 unspecified atom stereocenters. The maximum Gasteiger partial charge on any atom is 0.185 e. The van der Waals surface area contributed by atoms with Gasteiger partial charge in [-0.2, -0.15) is 9.62 Å². The molecule has 2 aromatic carbocycles. The summed E-state index contributed by atoms with van der Waals surface area (Å²) in [6.07, 6.45) is 3.32. The van der Waals surface area contributed by atoms with Gasteiger partial charge < -0.3 is 0 Å². The second-order valence-corrected chi connectivity index (χ2v) is 5.83. The third-order valence-corrected chi connectivity index (χ3v) is 3.94. The van der Waals surface area contributed by atoms with E-state index in [0.29, 0.717) is 5.82 Å². The predicted octanol–water partition coefficient (Wildman–Crippen LogP) is 3.49. The predicted molar refractivity (Wildman–Crippen MR) is 93.6 cm³/mol.